The van der Waals surface area contributed by atoms with Gasteiger partial charge in [-0.1, -0.05) is 60.7 Å². The number of esters is 2. The second-order valence-corrected chi connectivity index (χ2v) is 10.2. The van der Waals surface area contributed by atoms with Crippen LogP contribution in [0.25, 0.3) is 0 Å². The maximum atomic E-state index is 13.5. The highest BCUT2D eigenvalue weighted by Gasteiger charge is 2.55. The van der Waals surface area contributed by atoms with E-state index in [1.165, 1.54) is 12.0 Å². The number of amides is 1. The first kappa shape index (κ1) is 27.2. The van der Waals surface area contributed by atoms with Crippen LogP contribution in [-0.2, 0) is 36.8 Å². The molecular formula is C28H36N2O6. The number of benzene rings is 2. The molecule has 3 atom stereocenters. The number of rotatable bonds is 7. The zero-order chi connectivity index (χ0) is 26.3. The standard InChI is InChI=1S/C28H36N2O6/c1-27(2,3)36-26(33)30-16-15-22(23(29)24(31)35-18-21-13-9-6-10-14-21)28(19-30,25(32)34-4)17-20-11-7-5-8-12-20/h5-14,22-23H,15-19,29H2,1-4H3. The quantitative estimate of drug-likeness (QED) is 0.460. The fraction of sp³-hybridized carbons (Fsp3) is 0.464. The first-order valence-corrected chi connectivity index (χ1v) is 12.1. The number of ether oxygens (including phenoxy) is 3. The highest BCUT2D eigenvalue weighted by atomic mass is 16.6. The summed E-state index contributed by atoms with van der Waals surface area (Å²) in [5.74, 6) is -1.75. The minimum Gasteiger partial charge on any atom is -0.469 e. The van der Waals surface area contributed by atoms with E-state index < -0.39 is 41.0 Å². The lowest BCUT2D eigenvalue weighted by Crippen LogP contribution is -2.62. The highest BCUT2D eigenvalue weighted by Crippen LogP contribution is 2.42. The van der Waals surface area contributed by atoms with Crippen molar-refractivity contribution in [2.75, 3.05) is 20.2 Å². The minimum absolute atomic E-state index is 0.00775. The molecule has 8 heteroatoms. The van der Waals surface area contributed by atoms with Gasteiger partial charge >= 0.3 is 18.0 Å². The third-order valence-corrected chi connectivity index (χ3v) is 6.43. The van der Waals surface area contributed by atoms with Gasteiger partial charge in [0.15, 0.2) is 0 Å². The molecule has 36 heavy (non-hydrogen) atoms. The van der Waals surface area contributed by atoms with Crippen LogP contribution >= 0.6 is 0 Å². The Labute approximate surface area is 212 Å². The predicted octanol–water partition coefficient (Wildman–Crippen LogP) is 3.72. The van der Waals surface area contributed by atoms with Gasteiger partial charge in [0.1, 0.15) is 18.2 Å². The maximum absolute atomic E-state index is 13.5. The highest BCUT2D eigenvalue weighted by molar-refractivity contribution is 5.83. The Morgan fingerprint density at radius 3 is 2.17 bits per heavy atom. The largest absolute Gasteiger partial charge is 0.469 e. The molecule has 1 fully saturated rings. The summed E-state index contributed by atoms with van der Waals surface area (Å²) in [6.07, 6.45) is 0.0231. The van der Waals surface area contributed by atoms with E-state index in [1.54, 1.807) is 20.8 Å². The summed E-state index contributed by atoms with van der Waals surface area (Å²) in [4.78, 5) is 41.0. The van der Waals surface area contributed by atoms with Gasteiger partial charge in [-0.3, -0.25) is 9.59 Å². The van der Waals surface area contributed by atoms with Crippen molar-refractivity contribution in [3.05, 3.63) is 71.8 Å². The van der Waals surface area contributed by atoms with E-state index in [0.29, 0.717) is 6.42 Å². The van der Waals surface area contributed by atoms with Crippen LogP contribution in [0.2, 0.25) is 0 Å². The molecule has 0 aromatic heterocycles. The molecule has 0 spiro atoms. The Morgan fingerprint density at radius 1 is 1.03 bits per heavy atom. The Hall–Kier alpha value is -3.39. The average molecular weight is 497 g/mol. The molecule has 3 unspecified atom stereocenters. The number of carbonyl (C=O) groups excluding carboxylic acids is 3. The van der Waals surface area contributed by atoms with Crippen molar-refractivity contribution in [2.45, 2.75) is 51.9 Å². The molecule has 2 aromatic rings. The van der Waals surface area contributed by atoms with Crippen molar-refractivity contribution >= 4 is 18.0 Å². The molecule has 2 aromatic carbocycles. The monoisotopic (exact) mass is 496 g/mol. The zero-order valence-electron chi connectivity index (χ0n) is 21.4. The van der Waals surface area contributed by atoms with Gasteiger partial charge in [0.05, 0.1) is 12.5 Å². The third kappa shape index (κ3) is 6.63. The summed E-state index contributed by atoms with van der Waals surface area (Å²) in [7, 11) is 1.30. The van der Waals surface area contributed by atoms with Gasteiger partial charge in [-0.05, 0) is 44.7 Å². The topological polar surface area (TPSA) is 108 Å². The maximum Gasteiger partial charge on any atom is 0.410 e. The van der Waals surface area contributed by atoms with Gasteiger partial charge in [-0.25, -0.2) is 4.79 Å². The molecule has 0 saturated carbocycles. The summed E-state index contributed by atoms with van der Waals surface area (Å²) in [6.45, 7) is 5.73. The van der Waals surface area contributed by atoms with E-state index in [1.807, 2.05) is 60.7 Å². The number of nitrogens with two attached hydrogens (primary N) is 1. The van der Waals surface area contributed by atoms with E-state index in [-0.39, 0.29) is 26.1 Å². The SMILES string of the molecule is COC(=O)C1(Cc2ccccc2)CN(C(=O)OC(C)(C)C)CCC1C(N)C(=O)OCc1ccccc1. The third-order valence-electron chi connectivity index (χ3n) is 6.43. The Kier molecular flexibility index (Phi) is 8.74. The number of carbonyl (C=O) groups is 3. The van der Waals surface area contributed by atoms with Crippen LogP contribution in [-0.4, -0.2) is 54.8 Å². The molecular weight excluding hydrogens is 460 g/mol. The smallest absolute Gasteiger partial charge is 0.410 e. The predicted molar refractivity (Wildman–Crippen MR) is 135 cm³/mol. The summed E-state index contributed by atoms with van der Waals surface area (Å²) >= 11 is 0. The lowest BCUT2D eigenvalue weighted by Gasteiger charge is -2.47. The number of hydrogen-bond donors (Lipinski definition) is 1. The minimum atomic E-state index is -1.27. The van der Waals surface area contributed by atoms with Crippen molar-refractivity contribution in [2.24, 2.45) is 17.1 Å². The number of piperidine rings is 1. The number of methoxy groups -OCH3 is 1. The van der Waals surface area contributed by atoms with Crippen molar-refractivity contribution in [1.82, 2.24) is 4.90 Å². The zero-order valence-corrected chi connectivity index (χ0v) is 21.4. The molecule has 1 saturated heterocycles. The van der Waals surface area contributed by atoms with E-state index in [0.717, 1.165) is 11.1 Å². The number of nitrogens with zero attached hydrogens (tertiary/aromatic N) is 1. The molecule has 0 bridgehead atoms. The van der Waals surface area contributed by atoms with Crippen LogP contribution in [0, 0.1) is 11.3 Å². The van der Waals surface area contributed by atoms with Crippen molar-refractivity contribution in [3.8, 4) is 0 Å². The Morgan fingerprint density at radius 2 is 1.61 bits per heavy atom. The van der Waals surface area contributed by atoms with E-state index >= 15 is 0 Å². The van der Waals surface area contributed by atoms with Gasteiger partial charge < -0.3 is 24.8 Å². The first-order valence-electron chi connectivity index (χ1n) is 12.1. The normalized spacial score (nSPS) is 20.8. The van der Waals surface area contributed by atoms with Crippen molar-refractivity contribution < 1.29 is 28.6 Å². The average Bonchev–Trinajstić information content (AvgIpc) is 2.86. The molecule has 3 rings (SSSR count). The van der Waals surface area contributed by atoms with Crippen LogP contribution in [0.4, 0.5) is 4.79 Å². The summed E-state index contributed by atoms with van der Waals surface area (Å²) < 4.78 is 16.4. The molecule has 1 aliphatic heterocycles. The summed E-state index contributed by atoms with van der Waals surface area (Å²) in [5, 5.41) is 0. The molecule has 0 aliphatic carbocycles. The van der Waals surface area contributed by atoms with Gasteiger partial charge in [0.2, 0.25) is 0 Å². The van der Waals surface area contributed by atoms with Crippen molar-refractivity contribution in [1.29, 1.82) is 0 Å². The molecule has 1 heterocycles. The van der Waals surface area contributed by atoms with Gasteiger partial charge in [-0.2, -0.15) is 0 Å². The van der Waals surface area contributed by atoms with Crippen LogP contribution in [0.3, 0.4) is 0 Å². The second kappa shape index (κ2) is 11.6. The fourth-order valence-electron chi connectivity index (χ4n) is 4.74. The van der Waals surface area contributed by atoms with Gasteiger partial charge in [0.25, 0.3) is 0 Å². The van der Waals surface area contributed by atoms with Crippen LogP contribution < -0.4 is 5.73 Å². The van der Waals surface area contributed by atoms with E-state index in [4.69, 9.17) is 19.9 Å². The Bertz CT molecular complexity index is 1040. The van der Waals surface area contributed by atoms with Crippen LogP contribution in [0.1, 0.15) is 38.3 Å². The van der Waals surface area contributed by atoms with Gasteiger partial charge in [0, 0.05) is 19.0 Å². The molecule has 1 aliphatic rings. The number of hydrogen-bond acceptors (Lipinski definition) is 7. The van der Waals surface area contributed by atoms with Crippen LogP contribution in [0.5, 0.6) is 0 Å². The molecule has 8 nitrogen and oxygen atoms in total. The molecule has 0 radical (unpaired) electrons. The first-order chi connectivity index (χ1) is 17.1. The van der Waals surface area contributed by atoms with Crippen LogP contribution in [0.15, 0.2) is 60.7 Å². The molecule has 194 valence electrons. The summed E-state index contributed by atoms with van der Waals surface area (Å²) in [5.41, 5.74) is 6.22. The number of likely N-dealkylation sites (tertiary alicyclic amines) is 1. The molecule has 1 amide bonds. The van der Waals surface area contributed by atoms with Crippen molar-refractivity contribution in [3.63, 3.8) is 0 Å². The van der Waals surface area contributed by atoms with E-state index in [9.17, 15) is 14.4 Å². The Balaban J connectivity index is 1.91. The summed E-state index contributed by atoms with van der Waals surface area (Å²) in [6, 6.07) is 17.6. The molecule has 2 N–H and O–H groups in total. The second-order valence-electron chi connectivity index (χ2n) is 10.2. The van der Waals surface area contributed by atoms with Gasteiger partial charge in [-0.15, -0.1) is 0 Å². The fourth-order valence-corrected chi connectivity index (χ4v) is 4.74. The van der Waals surface area contributed by atoms with E-state index in [2.05, 4.69) is 0 Å². The lowest BCUT2D eigenvalue weighted by molar-refractivity contribution is -0.165. The lowest BCUT2D eigenvalue weighted by atomic mass is 9.64.